The molecule has 118 valence electrons. The summed E-state index contributed by atoms with van der Waals surface area (Å²) in [6.45, 7) is 0.660. The van der Waals surface area contributed by atoms with Gasteiger partial charge in [-0.1, -0.05) is 15.9 Å². The number of nitro groups is 1. The van der Waals surface area contributed by atoms with Crippen molar-refractivity contribution in [3.8, 4) is 0 Å². The number of non-ortho nitro benzene ring substituents is 1. The van der Waals surface area contributed by atoms with E-state index in [4.69, 9.17) is 0 Å². The number of benzene rings is 2. The van der Waals surface area contributed by atoms with Gasteiger partial charge in [0.15, 0.2) is 18.9 Å². The third-order valence-electron chi connectivity index (χ3n) is 4.07. The van der Waals surface area contributed by atoms with Gasteiger partial charge in [-0.2, -0.15) is 4.57 Å². The fraction of sp³-hybridized carbons (Fsp3) is 0.0556. The average Bonchev–Trinajstić information content (AvgIpc) is 2.92. The lowest BCUT2D eigenvalue weighted by Crippen LogP contribution is -2.33. The van der Waals surface area contributed by atoms with Gasteiger partial charge in [-0.25, -0.2) is 0 Å². The Morgan fingerprint density at radius 2 is 1.83 bits per heavy atom. The second-order valence-electron chi connectivity index (χ2n) is 5.68. The van der Waals surface area contributed by atoms with Crippen molar-refractivity contribution in [2.75, 3.05) is 0 Å². The maximum Gasteiger partial charge on any atom is 0.269 e. The highest BCUT2D eigenvalue weighted by molar-refractivity contribution is 9.10. The minimum atomic E-state index is -0.383. The molecule has 0 bridgehead atoms. The zero-order chi connectivity index (χ0) is 16.7. The largest absolute Gasteiger partial charge is 0.350 e. The molecule has 5 nitrogen and oxygen atoms in total. The summed E-state index contributed by atoms with van der Waals surface area (Å²) >= 11 is 3.51. The highest BCUT2D eigenvalue weighted by atomic mass is 79.9. The minimum Gasteiger partial charge on any atom is -0.350 e. The smallest absolute Gasteiger partial charge is 0.269 e. The molecular formula is C18H13BrN3O2+. The first-order valence-corrected chi connectivity index (χ1v) is 8.23. The molecule has 0 fully saturated rings. The summed E-state index contributed by atoms with van der Waals surface area (Å²) in [5.41, 5.74) is 3.29. The van der Waals surface area contributed by atoms with Crippen molar-refractivity contribution in [1.29, 1.82) is 0 Å². The fourth-order valence-electron chi connectivity index (χ4n) is 2.90. The molecule has 0 aliphatic carbocycles. The highest BCUT2D eigenvalue weighted by Crippen LogP contribution is 2.27. The Bertz CT molecular complexity index is 1070. The maximum absolute atomic E-state index is 10.7. The van der Waals surface area contributed by atoms with Crippen molar-refractivity contribution in [3.63, 3.8) is 0 Å². The first-order chi connectivity index (χ1) is 11.6. The van der Waals surface area contributed by atoms with Crippen LogP contribution < -0.4 is 4.57 Å². The van der Waals surface area contributed by atoms with Gasteiger partial charge in [0, 0.05) is 44.5 Å². The van der Waals surface area contributed by atoms with Gasteiger partial charge in [0.2, 0.25) is 0 Å². The van der Waals surface area contributed by atoms with Crippen LogP contribution in [0.4, 0.5) is 5.69 Å². The van der Waals surface area contributed by atoms with Crippen LogP contribution in [0.2, 0.25) is 0 Å². The van der Waals surface area contributed by atoms with Crippen molar-refractivity contribution >= 4 is 43.4 Å². The van der Waals surface area contributed by atoms with Crippen LogP contribution in [0.3, 0.4) is 0 Å². The summed E-state index contributed by atoms with van der Waals surface area (Å²) in [7, 11) is 0. The lowest BCUT2D eigenvalue weighted by atomic mass is 10.2. The molecule has 2 aromatic heterocycles. The monoisotopic (exact) mass is 382 g/mol. The van der Waals surface area contributed by atoms with E-state index in [9.17, 15) is 10.1 Å². The summed E-state index contributed by atoms with van der Waals surface area (Å²) in [6.07, 6.45) is 4.09. The zero-order valence-corrected chi connectivity index (χ0v) is 14.2. The molecule has 4 aromatic rings. The molecule has 6 heteroatoms. The van der Waals surface area contributed by atoms with E-state index in [-0.39, 0.29) is 10.6 Å². The molecule has 0 saturated heterocycles. The number of aromatic nitrogens is 2. The molecule has 0 saturated carbocycles. The molecule has 24 heavy (non-hydrogen) atoms. The molecule has 4 rings (SSSR count). The van der Waals surface area contributed by atoms with Crippen LogP contribution in [0.25, 0.3) is 21.8 Å². The summed E-state index contributed by atoms with van der Waals surface area (Å²) in [5.74, 6) is 0. The summed E-state index contributed by atoms with van der Waals surface area (Å²) in [4.78, 5) is 13.8. The van der Waals surface area contributed by atoms with Crippen molar-refractivity contribution < 1.29 is 9.49 Å². The van der Waals surface area contributed by atoms with Gasteiger partial charge in [0.1, 0.15) is 5.52 Å². The van der Waals surface area contributed by atoms with Crippen LogP contribution in [0, 0.1) is 10.1 Å². The van der Waals surface area contributed by atoms with E-state index in [1.165, 1.54) is 22.9 Å². The Hall–Kier alpha value is -2.73. The van der Waals surface area contributed by atoms with Gasteiger partial charge >= 0.3 is 0 Å². The van der Waals surface area contributed by atoms with E-state index < -0.39 is 0 Å². The van der Waals surface area contributed by atoms with Gasteiger partial charge in [0.25, 0.3) is 5.69 Å². The molecule has 0 amide bonds. The number of nitrogens with zero attached hydrogens (tertiary/aromatic N) is 2. The Balaban J connectivity index is 1.69. The van der Waals surface area contributed by atoms with Gasteiger partial charge in [-0.3, -0.25) is 10.1 Å². The van der Waals surface area contributed by atoms with Crippen molar-refractivity contribution in [1.82, 2.24) is 4.98 Å². The van der Waals surface area contributed by atoms with Crippen LogP contribution in [-0.2, 0) is 6.54 Å². The van der Waals surface area contributed by atoms with Crippen LogP contribution >= 0.6 is 15.9 Å². The fourth-order valence-corrected chi connectivity index (χ4v) is 3.26. The minimum absolute atomic E-state index is 0.111. The molecule has 0 atom stereocenters. The molecule has 1 N–H and O–H groups in total. The molecule has 0 unspecified atom stereocenters. The number of H-pyrrole nitrogens is 1. The number of pyridine rings is 1. The zero-order valence-electron chi connectivity index (χ0n) is 12.6. The van der Waals surface area contributed by atoms with Crippen LogP contribution in [-0.4, -0.2) is 9.91 Å². The van der Waals surface area contributed by atoms with E-state index in [1.807, 2.05) is 12.3 Å². The normalized spacial score (nSPS) is 11.2. The quantitative estimate of drug-likeness (QED) is 0.325. The standard InChI is InChI=1S/C18H12BrN3O2/c19-13-3-6-17-16(9-13)15-7-8-21(11-18(15)20-17)10-12-1-4-14(5-2-12)22(23)24/h1-9,11H,10H2/p+1. The number of hydrogen-bond donors (Lipinski definition) is 1. The predicted octanol–water partition coefficient (Wildman–Crippen LogP) is 4.33. The second-order valence-corrected chi connectivity index (χ2v) is 6.60. The average molecular weight is 383 g/mol. The topological polar surface area (TPSA) is 62.8 Å². The highest BCUT2D eigenvalue weighted by Gasteiger charge is 2.11. The molecule has 0 spiro atoms. The summed E-state index contributed by atoms with van der Waals surface area (Å²) in [5, 5.41) is 13.1. The summed E-state index contributed by atoms with van der Waals surface area (Å²) in [6, 6.07) is 14.9. The first kappa shape index (κ1) is 14.8. The third kappa shape index (κ3) is 2.65. The first-order valence-electron chi connectivity index (χ1n) is 7.43. The molecule has 2 aromatic carbocycles. The molecule has 2 heterocycles. The van der Waals surface area contributed by atoms with Gasteiger partial charge < -0.3 is 4.98 Å². The lowest BCUT2D eigenvalue weighted by Gasteiger charge is -1.98. The Morgan fingerprint density at radius 3 is 2.58 bits per heavy atom. The van der Waals surface area contributed by atoms with Crippen molar-refractivity contribution in [2.45, 2.75) is 6.54 Å². The number of halogens is 1. The van der Waals surface area contributed by atoms with Crippen LogP contribution in [0.1, 0.15) is 5.56 Å². The number of fused-ring (bicyclic) bond motifs is 3. The lowest BCUT2D eigenvalue weighted by molar-refractivity contribution is -0.687. The maximum atomic E-state index is 10.7. The van der Waals surface area contributed by atoms with Crippen LogP contribution in [0.5, 0.6) is 0 Å². The predicted molar refractivity (Wildman–Crippen MR) is 95.9 cm³/mol. The molecule has 0 aliphatic rings. The number of rotatable bonds is 3. The third-order valence-corrected chi connectivity index (χ3v) is 4.56. The number of nitrogens with one attached hydrogen (secondary N) is 1. The van der Waals surface area contributed by atoms with Gasteiger partial charge in [-0.05, 0) is 30.3 Å². The van der Waals surface area contributed by atoms with Crippen molar-refractivity contribution in [3.05, 3.63) is 81.1 Å². The van der Waals surface area contributed by atoms with E-state index in [0.717, 1.165) is 21.1 Å². The number of nitro benzene ring substituents is 1. The number of hydrogen-bond acceptors (Lipinski definition) is 2. The van der Waals surface area contributed by atoms with E-state index in [1.54, 1.807) is 12.1 Å². The Kier molecular flexibility index (Phi) is 3.54. The van der Waals surface area contributed by atoms with Gasteiger partial charge in [0.05, 0.1) is 4.92 Å². The molecule has 0 aliphatic heterocycles. The Morgan fingerprint density at radius 1 is 1.04 bits per heavy atom. The SMILES string of the molecule is O=[N+]([O-])c1ccc(C[n+]2ccc3c(c2)[nH]c2ccc(Br)cc23)cc1. The van der Waals surface area contributed by atoms with Crippen LogP contribution in [0.15, 0.2) is 65.4 Å². The van der Waals surface area contributed by atoms with E-state index in [2.05, 4.69) is 49.9 Å². The van der Waals surface area contributed by atoms with E-state index in [0.29, 0.717) is 6.54 Å². The number of aromatic amines is 1. The summed E-state index contributed by atoms with van der Waals surface area (Å²) < 4.78 is 3.12. The Labute approximate surface area is 145 Å². The van der Waals surface area contributed by atoms with Crippen molar-refractivity contribution in [2.24, 2.45) is 0 Å². The molecular weight excluding hydrogens is 370 g/mol. The van der Waals surface area contributed by atoms with E-state index >= 15 is 0 Å². The molecule has 0 radical (unpaired) electrons. The second kappa shape index (κ2) is 5.72. The van der Waals surface area contributed by atoms with Gasteiger partial charge in [-0.15, -0.1) is 0 Å².